The normalized spacial score (nSPS) is 30.5. The Kier molecular flexibility index (Phi) is 4.67. The van der Waals surface area contributed by atoms with Crippen molar-refractivity contribution < 1.29 is 9.53 Å². The highest BCUT2D eigenvalue weighted by molar-refractivity contribution is 5.79. The van der Waals surface area contributed by atoms with Crippen LogP contribution in [0.4, 0.5) is 0 Å². The number of piperidine rings is 1. The van der Waals surface area contributed by atoms with Gasteiger partial charge in [0.15, 0.2) is 0 Å². The molecule has 2 aliphatic heterocycles. The lowest BCUT2D eigenvalue weighted by Crippen LogP contribution is -2.44. The summed E-state index contributed by atoms with van der Waals surface area (Å²) in [4.78, 5) is 21.6. The molecular formula is C20H29N3O2. The van der Waals surface area contributed by atoms with Gasteiger partial charge in [0, 0.05) is 37.2 Å². The molecule has 3 heterocycles. The maximum Gasteiger partial charge on any atom is 0.225 e. The molecule has 25 heavy (non-hydrogen) atoms. The van der Waals surface area contributed by atoms with Crippen LogP contribution in [0.3, 0.4) is 0 Å². The van der Waals surface area contributed by atoms with Crippen molar-refractivity contribution in [3.8, 4) is 5.88 Å². The minimum absolute atomic E-state index is 0.0758. The van der Waals surface area contributed by atoms with Gasteiger partial charge in [0.1, 0.15) is 6.10 Å². The first kappa shape index (κ1) is 16.8. The van der Waals surface area contributed by atoms with Crippen LogP contribution in [0.5, 0.6) is 5.88 Å². The highest BCUT2D eigenvalue weighted by Crippen LogP contribution is 2.39. The molecule has 3 fully saturated rings. The lowest BCUT2D eigenvalue weighted by atomic mass is 9.91. The molecule has 1 amide bonds. The third-order valence-corrected chi connectivity index (χ3v) is 6.11. The number of pyridine rings is 1. The number of hydrogen-bond donors (Lipinski definition) is 0. The summed E-state index contributed by atoms with van der Waals surface area (Å²) in [6.45, 7) is 4.74. The standard InChI is InChI=1S/C20H29N3O2/c1-14-11-16(7-9-22(14)2)20(24)23-10-8-18(13-23)25-19-6-5-17(12-21-19)15-3-4-15/h5-6,12,14-16,18H,3-4,7-11,13H2,1-2H3/t14-,16-,18?/m1/s1. The van der Waals surface area contributed by atoms with Crippen molar-refractivity contribution in [2.24, 2.45) is 5.92 Å². The fraction of sp³-hybridized carbons (Fsp3) is 0.700. The summed E-state index contributed by atoms with van der Waals surface area (Å²) in [5.41, 5.74) is 1.33. The van der Waals surface area contributed by atoms with Crippen LogP contribution >= 0.6 is 0 Å². The van der Waals surface area contributed by atoms with E-state index in [9.17, 15) is 4.79 Å². The van der Waals surface area contributed by atoms with Crippen molar-refractivity contribution >= 4 is 5.91 Å². The fourth-order valence-corrected chi connectivity index (χ4v) is 4.09. The van der Waals surface area contributed by atoms with E-state index >= 15 is 0 Å². The van der Waals surface area contributed by atoms with Crippen molar-refractivity contribution in [2.45, 2.75) is 57.1 Å². The smallest absolute Gasteiger partial charge is 0.225 e. The molecule has 1 aliphatic carbocycles. The third kappa shape index (κ3) is 3.81. The van der Waals surface area contributed by atoms with E-state index in [2.05, 4.69) is 29.9 Å². The molecule has 136 valence electrons. The summed E-state index contributed by atoms with van der Waals surface area (Å²) in [5.74, 6) is 1.92. The zero-order chi connectivity index (χ0) is 17.4. The van der Waals surface area contributed by atoms with Crippen LogP contribution in [-0.2, 0) is 4.79 Å². The average molecular weight is 343 g/mol. The predicted molar refractivity (Wildman–Crippen MR) is 96.6 cm³/mol. The summed E-state index contributed by atoms with van der Waals surface area (Å²) in [6.07, 6.45) is 7.46. The Morgan fingerprint density at radius 1 is 1.20 bits per heavy atom. The molecule has 3 atom stereocenters. The van der Waals surface area contributed by atoms with Gasteiger partial charge in [0.25, 0.3) is 0 Å². The number of rotatable bonds is 4. The van der Waals surface area contributed by atoms with E-state index in [4.69, 9.17) is 4.74 Å². The van der Waals surface area contributed by atoms with Crippen molar-refractivity contribution in [3.63, 3.8) is 0 Å². The predicted octanol–water partition coefficient (Wildman–Crippen LogP) is 2.67. The highest BCUT2D eigenvalue weighted by Gasteiger charge is 2.35. The van der Waals surface area contributed by atoms with Gasteiger partial charge in [-0.05, 0) is 57.7 Å². The van der Waals surface area contributed by atoms with E-state index in [1.807, 2.05) is 17.2 Å². The molecule has 4 rings (SSSR count). The number of carbonyl (C=O) groups excluding carboxylic acids is 1. The van der Waals surface area contributed by atoms with Gasteiger partial charge in [0.2, 0.25) is 11.8 Å². The van der Waals surface area contributed by atoms with Gasteiger partial charge in [-0.15, -0.1) is 0 Å². The monoisotopic (exact) mass is 343 g/mol. The van der Waals surface area contributed by atoms with Gasteiger partial charge in [-0.2, -0.15) is 0 Å². The first-order valence-corrected chi connectivity index (χ1v) is 9.72. The second kappa shape index (κ2) is 6.94. The lowest BCUT2D eigenvalue weighted by molar-refractivity contribution is -0.136. The number of aromatic nitrogens is 1. The first-order valence-electron chi connectivity index (χ1n) is 9.72. The molecule has 1 saturated carbocycles. The maximum absolute atomic E-state index is 12.8. The van der Waals surface area contributed by atoms with Gasteiger partial charge in [-0.25, -0.2) is 4.98 Å². The number of amides is 1. The number of nitrogens with zero attached hydrogens (tertiary/aromatic N) is 3. The van der Waals surface area contributed by atoms with E-state index in [1.165, 1.54) is 18.4 Å². The number of hydrogen-bond acceptors (Lipinski definition) is 4. The van der Waals surface area contributed by atoms with Crippen molar-refractivity contribution in [2.75, 3.05) is 26.7 Å². The van der Waals surface area contributed by atoms with Crippen LogP contribution in [0, 0.1) is 5.92 Å². The SMILES string of the molecule is C[C@@H]1C[C@H](C(=O)N2CCC(Oc3ccc(C4CC4)cn3)C2)CCN1C. The Labute approximate surface area is 150 Å². The Hall–Kier alpha value is -1.62. The van der Waals surface area contributed by atoms with Crippen LogP contribution in [-0.4, -0.2) is 59.5 Å². The van der Waals surface area contributed by atoms with E-state index in [0.717, 1.165) is 38.3 Å². The zero-order valence-corrected chi connectivity index (χ0v) is 15.4. The van der Waals surface area contributed by atoms with Gasteiger partial charge >= 0.3 is 0 Å². The Morgan fingerprint density at radius 2 is 2.04 bits per heavy atom. The van der Waals surface area contributed by atoms with Crippen LogP contribution in [0.15, 0.2) is 18.3 Å². The van der Waals surface area contributed by atoms with Gasteiger partial charge in [-0.3, -0.25) is 4.79 Å². The van der Waals surface area contributed by atoms with E-state index in [0.29, 0.717) is 24.4 Å². The fourth-order valence-electron chi connectivity index (χ4n) is 4.09. The third-order valence-electron chi connectivity index (χ3n) is 6.11. The summed E-state index contributed by atoms with van der Waals surface area (Å²) >= 11 is 0. The molecule has 2 saturated heterocycles. The highest BCUT2D eigenvalue weighted by atomic mass is 16.5. The van der Waals surface area contributed by atoms with Crippen molar-refractivity contribution in [1.29, 1.82) is 0 Å². The topological polar surface area (TPSA) is 45.7 Å². The lowest BCUT2D eigenvalue weighted by Gasteiger charge is -2.35. The van der Waals surface area contributed by atoms with Gasteiger partial charge < -0.3 is 14.5 Å². The Morgan fingerprint density at radius 3 is 2.72 bits per heavy atom. The molecule has 0 radical (unpaired) electrons. The Balaban J connectivity index is 1.29. The minimum Gasteiger partial charge on any atom is -0.472 e. The second-order valence-corrected chi connectivity index (χ2v) is 8.07. The number of likely N-dealkylation sites (tertiary alicyclic amines) is 2. The van der Waals surface area contributed by atoms with Crippen LogP contribution < -0.4 is 4.74 Å². The molecule has 3 aliphatic rings. The van der Waals surface area contributed by atoms with Crippen LogP contribution in [0.2, 0.25) is 0 Å². The largest absolute Gasteiger partial charge is 0.472 e. The molecule has 0 bridgehead atoms. The van der Waals surface area contributed by atoms with Crippen LogP contribution in [0.25, 0.3) is 0 Å². The molecule has 0 spiro atoms. The van der Waals surface area contributed by atoms with E-state index < -0.39 is 0 Å². The maximum atomic E-state index is 12.8. The minimum atomic E-state index is 0.0758. The Bertz CT molecular complexity index is 614. The average Bonchev–Trinajstić information content (AvgIpc) is 3.37. The second-order valence-electron chi connectivity index (χ2n) is 8.07. The quantitative estimate of drug-likeness (QED) is 0.843. The molecule has 0 N–H and O–H groups in total. The molecule has 5 nitrogen and oxygen atoms in total. The van der Waals surface area contributed by atoms with E-state index in [1.54, 1.807) is 0 Å². The first-order chi connectivity index (χ1) is 12.1. The molecule has 1 aromatic rings. The molecule has 0 aromatic carbocycles. The summed E-state index contributed by atoms with van der Waals surface area (Å²) in [7, 11) is 2.15. The summed E-state index contributed by atoms with van der Waals surface area (Å²) < 4.78 is 6.02. The number of ether oxygens (including phenoxy) is 1. The molecule has 1 unspecified atom stereocenters. The zero-order valence-electron chi connectivity index (χ0n) is 15.4. The molecular weight excluding hydrogens is 314 g/mol. The van der Waals surface area contributed by atoms with Crippen molar-refractivity contribution in [3.05, 3.63) is 23.9 Å². The van der Waals surface area contributed by atoms with Crippen molar-refractivity contribution in [1.82, 2.24) is 14.8 Å². The molecule has 5 heteroatoms. The summed E-state index contributed by atoms with van der Waals surface area (Å²) in [5, 5.41) is 0. The number of carbonyl (C=O) groups is 1. The van der Waals surface area contributed by atoms with Gasteiger partial charge in [-0.1, -0.05) is 6.07 Å². The van der Waals surface area contributed by atoms with Crippen LogP contribution in [0.1, 0.15) is 50.5 Å². The van der Waals surface area contributed by atoms with E-state index in [-0.39, 0.29) is 12.0 Å². The summed E-state index contributed by atoms with van der Waals surface area (Å²) in [6, 6.07) is 4.61. The van der Waals surface area contributed by atoms with Gasteiger partial charge in [0.05, 0.1) is 6.54 Å². The molecule has 1 aromatic heterocycles.